The topological polar surface area (TPSA) is 78.0 Å². The minimum Gasteiger partial charge on any atom is -0.489 e. The fourth-order valence-corrected chi connectivity index (χ4v) is 3.59. The normalized spacial score (nSPS) is 14.7. The van der Waals surface area contributed by atoms with E-state index in [-0.39, 0.29) is 12.1 Å². The molecule has 1 fully saturated rings. The molecule has 0 bridgehead atoms. The molecule has 32 heavy (non-hydrogen) atoms. The van der Waals surface area contributed by atoms with Crippen LogP contribution in [-0.4, -0.2) is 49.2 Å². The van der Waals surface area contributed by atoms with E-state index in [0.717, 1.165) is 55.4 Å². The van der Waals surface area contributed by atoms with Gasteiger partial charge in [0.1, 0.15) is 11.9 Å². The first kappa shape index (κ1) is 23.4. The smallest absolute Gasteiger partial charge is 0.321 e. The van der Waals surface area contributed by atoms with Gasteiger partial charge in [-0.1, -0.05) is 24.3 Å². The number of aryl methyl sites for hydroxylation is 1. The quantitative estimate of drug-likeness (QED) is 0.428. The Balaban J connectivity index is 1.53. The summed E-state index contributed by atoms with van der Waals surface area (Å²) in [5, 5.41) is 9.61. The number of benzene rings is 2. The monoisotopic (exact) mass is 437 g/mol. The first-order chi connectivity index (χ1) is 15.5. The van der Waals surface area contributed by atoms with Crippen molar-refractivity contribution in [2.75, 3.05) is 31.5 Å². The molecule has 3 N–H and O–H groups in total. The number of aliphatic imine (C=N–C) groups is 1. The number of hydrogen-bond donors (Lipinski definition) is 3. The van der Waals surface area contributed by atoms with Gasteiger partial charge in [0, 0.05) is 25.3 Å². The molecule has 2 aromatic rings. The number of anilines is 1. The molecule has 2 aromatic carbocycles. The van der Waals surface area contributed by atoms with Crippen LogP contribution in [0.1, 0.15) is 37.8 Å². The highest BCUT2D eigenvalue weighted by Gasteiger charge is 2.17. The number of urea groups is 1. The van der Waals surface area contributed by atoms with Crippen molar-refractivity contribution in [1.82, 2.24) is 15.5 Å². The lowest BCUT2D eigenvalue weighted by molar-refractivity contribution is 0.222. The summed E-state index contributed by atoms with van der Waals surface area (Å²) in [5.41, 5.74) is 3.01. The van der Waals surface area contributed by atoms with Crippen LogP contribution in [0.4, 0.5) is 10.5 Å². The molecule has 0 saturated carbocycles. The average Bonchev–Trinajstić information content (AvgIpc) is 3.31. The summed E-state index contributed by atoms with van der Waals surface area (Å²) in [7, 11) is 0. The van der Waals surface area contributed by atoms with Crippen molar-refractivity contribution in [3.8, 4) is 5.75 Å². The number of guanidine groups is 1. The summed E-state index contributed by atoms with van der Waals surface area (Å²) in [6.45, 7) is 9.70. The van der Waals surface area contributed by atoms with Crippen molar-refractivity contribution in [3.63, 3.8) is 0 Å². The van der Waals surface area contributed by atoms with Crippen molar-refractivity contribution in [2.24, 2.45) is 4.99 Å². The van der Waals surface area contributed by atoms with Crippen LogP contribution < -0.4 is 20.7 Å². The average molecular weight is 438 g/mol. The van der Waals surface area contributed by atoms with Gasteiger partial charge >= 0.3 is 6.03 Å². The SMILES string of the molecule is CCNC(=NCc1cccc(NC(=O)N2CCCC2)c1)NCC(C)Oc1cccc(C)c1. The van der Waals surface area contributed by atoms with E-state index in [1.165, 1.54) is 5.56 Å². The second-order valence-electron chi connectivity index (χ2n) is 8.15. The van der Waals surface area contributed by atoms with Gasteiger partial charge in [-0.25, -0.2) is 9.79 Å². The number of ether oxygens (including phenoxy) is 1. The number of hydrogen-bond acceptors (Lipinski definition) is 3. The number of likely N-dealkylation sites (tertiary alicyclic amines) is 1. The maximum Gasteiger partial charge on any atom is 0.321 e. The lowest BCUT2D eigenvalue weighted by Gasteiger charge is -2.18. The zero-order valence-electron chi connectivity index (χ0n) is 19.4. The number of carbonyl (C=O) groups excluding carboxylic acids is 1. The van der Waals surface area contributed by atoms with Gasteiger partial charge in [0.15, 0.2) is 5.96 Å². The van der Waals surface area contributed by atoms with Crippen molar-refractivity contribution >= 4 is 17.7 Å². The van der Waals surface area contributed by atoms with E-state index in [1.807, 2.05) is 61.2 Å². The third kappa shape index (κ3) is 7.48. The fourth-order valence-electron chi connectivity index (χ4n) is 3.59. The van der Waals surface area contributed by atoms with Crippen LogP contribution in [0.25, 0.3) is 0 Å². The Morgan fingerprint density at radius 3 is 2.66 bits per heavy atom. The standard InChI is InChI=1S/C25H35N5O2/c1-4-26-24(27-17-20(3)32-23-12-7-9-19(2)15-23)28-18-21-10-8-11-22(16-21)29-25(31)30-13-5-6-14-30/h7-12,15-16,20H,4-6,13-14,17-18H2,1-3H3,(H,29,31)(H2,26,27,28). The van der Waals surface area contributed by atoms with E-state index in [4.69, 9.17) is 9.73 Å². The van der Waals surface area contributed by atoms with Gasteiger partial charge in [-0.15, -0.1) is 0 Å². The van der Waals surface area contributed by atoms with Gasteiger partial charge < -0.3 is 25.6 Å². The number of rotatable bonds is 8. The largest absolute Gasteiger partial charge is 0.489 e. The Labute approximate surface area is 191 Å². The van der Waals surface area contributed by atoms with Gasteiger partial charge in [-0.2, -0.15) is 0 Å². The van der Waals surface area contributed by atoms with E-state index in [1.54, 1.807) is 0 Å². The Kier molecular flexibility index (Phi) is 8.78. The molecule has 172 valence electrons. The van der Waals surface area contributed by atoms with E-state index in [0.29, 0.717) is 13.1 Å². The molecule has 0 radical (unpaired) electrons. The number of amides is 2. The van der Waals surface area contributed by atoms with E-state index >= 15 is 0 Å². The first-order valence-corrected chi connectivity index (χ1v) is 11.4. The van der Waals surface area contributed by atoms with Gasteiger partial charge in [0.2, 0.25) is 0 Å². The van der Waals surface area contributed by atoms with Crippen molar-refractivity contribution in [1.29, 1.82) is 0 Å². The zero-order chi connectivity index (χ0) is 22.8. The summed E-state index contributed by atoms with van der Waals surface area (Å²) in [4.78, 5) is 18.9. The van der Waals surface area contributed by atoms with Crippen LogP contribution in [0.5, 0.6) is 5.75 Å². The van der Waals surface area contributed by atoms with E-state index < -0.39 is 0 Å². The van der Waals surface area contributed by atoms with Crippen LogP contribution in [0.15, 0.2) is 53.5 Å². The van der Waals surface area contributed by atoms with Crippen molar-refractivity contribution in [3.05, 3.63) is 59.7 Å². The van der Waals surface area contributed by atoms with Crippen LogP contribution in [0, 0.1) is 6.92 Å². The molecule has 7 nitrogen and oxygen atoms in total. The maximum absolute atomic E-state index is 12.3. The molecule has 1 unspecified atom stereocenters. The predicted octanol–water partition coefficient (Wildman–Crippen LogP) is 4.15. The highest BCUT2D eigenvalue weighted by Crippen LogP contribution is 2.15. The molecule has 1 aliphatic heterocycles. The summed E-state index contributed by atoms with van der Waals surface area (Å²) < 4.78 is 5.99. The third-order valence-corrected chi connectivity index (χ3v) is 5.22. The van der Waals surface area contributed by atoms with Crippen LogP contribution in [-0.2, 0) is 6.54 Å². The molecular formula is C25H35N5O2. The molecule has 2 amide bonds. The summed E-state index contributed by atoms with van der Waals surface area (Å²) in [6.07, 6.45) is 2.15. The van der Waals surface area contributed by atoms with Gasteiger partial charge in [-0.3, -0.25) is 0 Å². The molecule has 0 aliphatic carbocycles. The van der Waals surface area contributed by atoms with Crippen molar-refractivity contribution < 1.29 is 9.53 Å². The maximum atomic E-state index is 12.3. The highest BCUT2D eigenvalue weighted by molar-refractivity contribution is 5.89. The minimum atomic E-state index is -0.0271. The fraction of sp³-hybridized carbons (Fsp3) is 0.440. The minimum absolute atomic E-state index is 0.00946. The van der Waals surface area contributed by atoms with Crippen LogP contribution in [0.2, 0.25) is 0 Å². The molecule has 1 heterocycles. The Bertz CT molecular complexity index is 909. The third-order valence-electron chi connectivity index (χ3n) is 5.22. The molecule has 1 saturated heterocycles. The van der Waals surface area contributed by atoms with Crippen LogP contribution >= 0.6 is 0 Å². The predicted molar refractivity (Wildman–Crippen MR) is 130 cm³/mol. The molecule has 7 heteroatoms. The molecule has 1 aliphatic rings. The number of carbonyl (C=O) groups is 1. The Morgan fingerprint density at radius 1 is 1.12 bits per heavy atom. The second-order valence-corrected chi connectivity index (χ2v) is 8.15. The molecule has 0 spiro atoms. The molecule has 3 rings (SSSR count). The van der Waals surface area contributed by atoms with E-state index in [2.05, 4.69) is 28.9 Å². The number of nitrogens with zero attached hydrogens (tertiary/aromatic N) is 2. The number of nitrogens with one attached hydrogen (secondary N) is 3. The second kappa shape index (κ2) is 12.0. The molecule has 0 aromatic heterocycles. The molecule has 1 atom stereocenters. The lowest BCUT2D eigenvalue weighted by Crippen LogP contribution is -2.41. The van der Waals surface area contributed by atoms with E-state index in [9.17, 15) is 4.79 Å². The lowest BCUT2D eigenvalue weighted by atomic mass is 10.2. The van der Waals surface area contributed by atoms with Crippen LogP contribution in [0.3, 0.4) is 0 Å². The summed E-state index contributed by atoms with van der Waals surface area (Å²) in [6, 6.07) is 15.9. The Morgan fingerprint density at radius 2 is 1.91 bits per heavy atom. The highest BCUT2D eigenvalue weighted by atomic mass is 16.5. The molecular weight excluding hydrogens is 402 g/mol. The van der Waals surface area contributed by atoms with Gasteiger partial charge in [0.25, 0.3) is 0 Å². The van der Waals surface area contributed by atoms with Crippen molar-refractivity contribution in [2.45, 2.75) is 46.3 Å². The first-order valence-electron chi connectivity index (χ1n) is 11.4. The van der Waals surface area contributed by atoms with Gasteiger partial charge in [0.05, 0.1) is 13.1 Å². The van der Waals surface area contributed by atoms with Gasteiger partial charge in [-0.05, 0) is 69.0 Å². The summed E-state index contributed by atoms with van der Waals surface area (Å²) in [5.74, 6) is 1.60. The zero-order valence-corrected chi connectivity index (χ0v) is 19.4. The Hall–Kier alpha value is -3.22. The summed E-state index contributed by atoms with van der Waals surface area (Å²) >= 11 is 0.